The Labute approximate surface area is 200 Å². The van der Waals surface area contributed by atoms with Gasteiger partial charge in [0, 0.05) is 23.7 Å². The Bertz CT molecular complexity index is 1020. The first-order valence-corrected chi connectivity index (χ1v) is 11.8. The van der Waals surface area contributed by atoms with Crippen molar-refractivity contribution < 1.29 is 19.4 Å². The summed E-state index contributed by atoms with van der Waals surface area (Å²) in [4.78, 5) is 30.0. The van der Waals surface area contributed by atoms with Crippen molar-refractivity contribution >= 4 is 29.1 Å². The number of likely N-dealkylation sites (tertiary alicyclic amines) is 1. The van der Waals surface area contributed by atoms with Crippen LogP contribution in [0, 0.1) is 0 Å². The third-order valence-electron chi connectivity index (χ3n) is 5.86. The van der Waals surface area contributed by atoms with E-state index < -0.39 is 17.7 Å². The molecule has 0 spiro atoms. The first-order chi connectivity index (χ1) is 15.9. The molecular weight excluding hydrogens is 440 g/mol. The molecule has 2 aromatic carbocycles. The number of ketones is 1. The van der Waals surface area contributed by atoms with Gasteiger partial charge in [-0.15, -0.1) is 0 Å². The summed E-state index contributed by atoms with van der Waals surface area (Å²) in [6.07, 6.45) is 0.864. The average molecular weight is 471 g/mol. The van der Waals surface area contributed by atoms with E-state index in [4.69, 9.17) is 16.3 Å². The smallest absolute Gasteiger partial charge is 0.295 e. The van der Waals surface area contributed by atoms with E-state index in [1.54, 1.807) is 29.2 Å². The molecule has 1 aliphatic rings. The third kappa shape index (κ3) is 5.57. The number of Topliss-reactive ketones (excluding diaryl/α,β-unsaturated/α-hetero) is 1. The van der Waals surface area contributed by atoms with Crippen molar-refractivity contribution in [2.75, 3.05) is 32.8 Å². The summed E-state index contributed by atoms with van der Waals surface area (Å²) in [5.74, 6) is -0.843. The molecule has 3 rings (SSSR count). The summed E-state index contributed by atoms with van der Waals surface area (Å²) < 4.78 is 5.78. The van der Waals surface area contributed by atoms with Crippen LogP contribution >= 0.6 is 11.6 Å². The lowest BCUT2D eigenvalue weighted by atomic mass is 9.95. The van der Waals surface area contributed by atoms with Crippen molar-refractivity contribution in [2.45, 2.75) is 33.2 Å². The van der Waals surface area contributed by atoms with Gasteiger partial charge in [0.15, 0.2) is 0 Å². The maximum Gasteiger partial charge on any atom is 0.295 e. The number of nitrogens with zero attached hydrogens (tertiary/aromatic N) is 2. The molecule has 0 bridgehead atoms. The van der Waals surface area contributed by atoms with Crippen LogP contribution in [0.3, 0.4) is 0 Å². The number of likely N-dealkylation sites (N-methyl/N-ethyl adjacent to an activating group) is 1. The van der Waals surface area contributed by atoms with Gasteiger partial charge < -0.3 is 19.6 Å². The largest absolute Gasteiger partial charge is 0.507 e. The summed E-state index contributed by atoms with van der Waals surface area (Å²) in [6, 6.07) is 13.2. The monoisotopic (exact) mass is 470 g/mol. The Morgan fingerprint density at radius 1 is 1.09 bits per heavy atom. The summed E-state index contributed by atoms with van der Waals surface area (Å²) >= 11 is 5.99. The highest BCUT2D eigenvalue weighted by Crippen LogP contribution is 2.40. The lowest BCUT2D eigenvalue weighted by Crippen LogP contribution is -2.38. The van der Waals surface area contributed by atoms with E-state index in [-0.39, 0.29) is 11.3 Å². The number of halogens is 1. The first kappa shape index (κ1) is 24.8. The fraction of sp³-hybridized carbons (Fsp3) is 0.385. The van der Waals surface area contributed by atoms with Gasteiger partial charge in [-0.25, -0.2) is 0 Å². The molecule has 6 nitrogen and oxygen atoms in total. The van der Waals surface area contributed by atoms with E-state index in [2.05, 4.69) is 18.7 Å². The minimum absolute atomic E-state index is 0.0783. The van der Waals surface area contributed by atoms with Gasteiger partial charge in [0.1, 0.15) is 11.5 Å². The number of hydrogen-bond donors (Lipinski definition) is 1. The fourth-order valence-corrected chi connectivity index (χ4v) is 4.13. The molecule has 1 amide bonds. The number of carbonyl (C=O) groups is 2. The van der Waals surface area contributed by atoms with Gasteiger partial charge in [-0.2, -0.15) is 0 Å². The van der Waals surface area contributed by atoms with Crippen molar-refractivity contribution in [1.29, 1.82) is 0 Å². The number of hydrogen-bond acceptors (Lipinski definition) is 5. The number of rotatable bonds is 10. The van der Waals surface area contributed by atoms with Gasteiger partial charge in [0.05, 0.1) is 18.2 Å². The van der Waals surface area contributed by atoms with Crippen LogP contribution in [0.5, 0.6) is 5.75 Å². The van der Waals surface area contributed by atoms with Gasteiger partial charge in [-0.05, 0) is 61.5 Å². The quantitative estimate of drug-likeness (QED) is 0.304. The zero-order chi connectivity index (χ0) is 24.0. The molecule has 0 radical (unpaired) electrons. The Kier molecular flexibility index (Phi) is 8.53. The second kappa shape index (κ2) is 11.3. The lowest BCUT2D eigenvalue weighted by Gasteiger charge is -2.28. The summed E-state index contributed by atoms with van der Waals surface area (Å²) in [6.45, 7) is 9.40. The van der Waals surface area contributed by atoms with Gasteiger partial charge in [-0.3, -0.25) is 9.59 Å². The van der Waals surface area contributed by atoms with Gasteiger partial charge in [0.25, 0.3) is 11.7 Å². The first-order valence-electron chi connectivity index (χ1n) is 11.4. The number of ether oxygens (including phenoxy) is 1. The minimum Gasteiger partial charge on any atom is -0.507 e. The summed E-state index contributed by atoms with van der Waals surface area (Å²) in [7, 11) is 0. The molecule has 1 N–H and O–H groups in total. The van der Waals surface area contributed by atoms with Crippen molar-refractivity contribution in [3.05, 3.63) is 70.3 Å². The number of aliphatic hydroxyl groups is 1. The predicted molar refractivity (Wildman–Crippen MR) is 130 cm³/mol. The van der Waals surface area contributed by atoms with Crippen LogP contribution in [0.15, 0.2) is 54.1 Å². The molecule has 1 aliphatic heterocycles. The highest BCUT2D eigenvalue weighted by Gasteiger charge is 2.46. The van der Waals surface area contributed by atoms with Gasteiger partial charge in [-0.1, -0.05) is 44.5 Å². The summed E-state index contributed by atoms with van der Waals surface area (Å²) in [5, 5.41) is 11.6. The number of benzene rings is 2. The van der Waals surface area contributed by atoms with Crippen molar-refractivity contribution in [1.82, 2.24) is 9.80 Å². The van der Waals surface area contributed by atoms with Crippen molar-refractivity contribution in [3.63, 3.8) is 0 Å². The molecule has 176 valence electrons. The normalized spacial score (nSPS) is 17.7. The molecule has 7 heteroatoms. The van der Waals surface area contributed by atoms with Crippen LogP contribution < -0.4 is 4.74 Å². The van der Waals surface area contributed by atoms with Crippen LogP contribution in [0.4, 0.5) is 0 Å². The Balaban J connectivity index is 2.08. The lowest BCUT2D eigenvalue weighted by molar-refractivity contribution is -0.140. The van der Waals surface area contributed by atoms with Crippen LogP contribution in [0.1, 0.15) is 44.4 Å². The van der Waals surface area contributed by atoms with Gasteiger partial charge >= 0.3 is 0 Å². The van der Waals surface area contributed by atoms with Crippen LogP contribution in [-0.4, -0.2) is 59.4 Å². The van der Waals surface area contributed by atoms with Crippen LogP contribution in [-0.2, 0) is 9.59 Å². The number of amides is 1. The maximum atomic E-state index is 13.1. The van der Waals surface area contributed by atoms with E-state index in [1.165, 1.54) is 0 Å². The van der Waals surface area contributed by atoms with E-state index in [1.807, 2.05) is 31.2 Å². The van der Waals surface area contributed by atoms with E-state index in [0.29, 0.717) is 36.0 Å². The van der Waals surface area contributed by atoms with Crippen LogP contribution in [0.25, 0.3) is 5.76 Å². The highest BCUT2D eigenvalue weighted by atomic mass is 35.5. The van der Waals surface area contributed by atoms with Crippen LogP contribution in [0.2, 0.25) is 5.02 Å². The topological polar surface area (TPSA) is 70.1 Å². The fourth-order valence-electron chi connectivity index (χ4n) is 4.00. The Hall–Kier alpha value is -2.83. The predicted octanol–water partition coefficient (Wildman–Crippen LogP) is 4.89. The minimum atomic E-state index is -0.707. The highest BCUT2D eigenvalue weighted by molar-refractivity contribution is 6.46. The zero-order valence-corrected chi connectivity index (χ0v) is 20.1. The molecule has 1 atom stereocenters. The molecule has 1 heterocycles. The number of aliphatic hydroxyl groups excluding tert-OH is 1. The van der Waals surface area contributed by atoms with E-state index in [0.717, 1.165) is 25.1 Å². The van der Waals surface area contributed by atoms with E-state index >= 15 is 0 Å². The molecule has 1 saturated heterocycles. The molecule has 1 fully saturated rings. The molecule has 0 aliphatic carbocycles. The molecule has 0 aromatic heterocycles. The standard InChI is InChI=1S/C26H31ClN2O4/c1-4-16-33-21-9-7-8-19(17-21)23-22(24(30)18-10-12-20(27)13-11-18)25(31)26(32)29(23)15-14-28(5-2)6-3/h7-13,17,23,30H,4-6,14-16H2,1-3H3/t23-/m1/s1. The SMILES string of the molecule is CCCOc1cccc([C@@H]2C(=C(O)c3ccc(Cl)cc3)C(=O)C(=O)N2CCN(CC)CC)c1. The average Bonchev–Trinajstić information content (AvgIpc) is 3.08. The molecule has 0 unspecified atom stereocenters. The second-order valence-corrected chi connectivity index (χ2v) is 8.38. The Morgan fingerprint density at radius 3 is 2.42 bits per heavy atom. The summed E-state index contributed by atoms with van der Waals surface area (Å²) in [5.41, 5.74) is 1.23. The van der Waals surface area contributed by atoms with Gasteiger partial charge in [0.2, 0.25) is 0 Å². The third-order valence-corrected chi connectivity index (χ3v) is 6.11. The molecule has 0 saturated carbocycles. The molecule has 2 aromatic rings. The number of carbonyl (C=O) groups excluding carboxylic acids is 2. The van der Waals surface area contributed by atoms with E-state index in [9.17, 15) is 14.7 Å². The van der Waals surface area contributed by atoms with Crippen molar-refractivity contribution in [3.8, 4) is 5.75 Å². The van der Waals surface area contributed by atoms with Crippen molar-refractivity contribution in [2.24, 2.45) is 0 Å². The Morgan fingerprint density at radius 2 is 1.79 bits per heavy atom. The molecular formula is C26H31ClN2O4. The maximum absolute atomic E-state index is 13.1. The molecule has 33 heavy (non-hydrogen) atoms. The zero-order valence-electron chi connectivity index (χ0n) is 19.4. The second-order valence-electron chi connectivity index (χ2n) is 7.95.